The predicted molar refractivity (Wildman–Crippen MR) is 132 cm³/mol. The molecular weight excluding hydrogens is 458 g/mol. The Bertz CT molecular complexity index is 1190. The van der Waals surface area contributed by atoms with Crippen LogP contribution in [0.4, 0.5) is 11.4 Å². The molecule has 1 aliphatic heterocycles. The number of carbonyl (C=O) groups excluding carboxylic acids is 1. The van der Waals surface area contributed by atoms with Gasteiger partial charge in [-0.3, -0.25) is 14.4 Å². The summed E-state index contributed by atoms with van der Waals surface area (Å²) in [6, 6.07) is 20.1. The zero-order valence-electron chi connectivity index (χ0n) is 18.1. The molecule has 3 aromatic rings. The number of nitrogens with one attached hydrogen (secondary N) is 2. The number of halogens is 1. The Morgan fingerprint density at radius 3 is 2.06 bits per heavy atom. The van der Waals surface area contributed by atoms with Gasteiger partial charge in [0.1, 0.15) is 0 Å². The molecular formula is C25H26ClN3O3S. The SMILES string of the molecule is O=C(Nc1ccc(S(=O)(=O)Nc2ccc(Cl)cc2)cc1)c1ccc(CN2CCCCC2)cc1. The minimum absolute atomic E-state index is 0.0949. The Labute approximate surface area is 199 Å². The molecule has 3 aromatic carbocycles. The van der Waals surface area contributed by atoms with E-state index in [1.807, 2.05) is 24.3 Å². The fourth-order valence-corrected chi connectivity index (χ4v) is 4.97. The molecule has 6 nitrogen and oxygen atoms in total. The van der Waals surface area contributed by atoms with E-state index in [-0.39, 0.29) is 10.8 Å². The predicted octanol–water partition coefficient (Wildman–Crippen LogP) is 5.38. The lowest BCUT2D eigenvalue weighted by Gasteiger charge is -2.26. The maximum atomic E-state index is 12.6. The van der Waals surface area contributed by atoms with Crippen molar-refractivity contribution in [1.82, 2.24) is 4.90 Å². The Balaban J connectivity index is 1.36. The lowest BCUT2D eigenvalue weighted by Crippen LogP contribution is -2.29. The summed E-state index contributed by atoms with van der Waals surface area (Å²) in [5.74, 6) is -0.241. The van der Waals surface area contributed by atoms with Crippen LogP contribution in [0.1, 0.15) is 35.2 Å². The molecule has 1 saturated heterocycles. The molecule has 1 fully saturated rings. The van der Waals surface area contributed by atoms with Gasteiger partial charge in [-0.2, -0.15) is 0 Å². The molecule has 4 rings (SSSR count). The van der Waals surface area contributed by atoms with E-state index in [0.29, 0.717) is 22.0 Å². The maximum Gasteiger partial charge on any atom is 0.261 e. The molecule has 1 amide bonds. The zero-order valence-corrected chi connectivity index (χ0v) is 19.7. The van der Waals surface area contributed by atoms with Crippen LogP contribution in [0.2, 0.25) is 5.02 Å². The quantitative estimate of drug-likeness (QED) is 0.473. The average molecular weight is 484 g/mol. The van der Waals surface area contributed by atoms with Crippen LogP contribution in [0.5, 0.6) is 0 Å². The van der Waals surface area contributed by atoms with Crippen LogP contribution in [0, 0.1) is 0 Å². The van der Waals surface area contributed by atoms with Gasteiger partial charge >= 0.3 is 0 Å². The van der Waals surface area contributed by atoms with Gasteiger partial charge in [-0.15, -0.1) is 0 Å². The van der Waals surface area contributed by atoms with Crippen molar-refractivity contribution in [2.75, 3.05) is 23.1 Å². The van der Waals surface area contributed by atoms with Gasteiger partial charge < -0.3 is 5.32 Å². The van der Waals surface area contributed by atoms with E-state index in [0.717, 1.165) is 19.6 Å². The fourth-order valence-electron chi connectivity index (χ4n) is 3.79. The first kappa shape index (κ1) is 23.3. The topological polar surface area (TPSA) is 78.5 Å². The van der Waals surface area contributed by atoms with Crippen molar-refractivity contribution in [2.45, 2.75) is 30.7 Å². The Morgan fingerprint density at radius 1 is 0.818 bits per heavy atom. The second-order valence-corrected chi connectivity index (χ2v) is 10.2. The summed E-state index contributed by atoms with van der Waals surface area (Å²) in [6.45, 7) is 3.16. The van der Waals surface area contributed by atoms with Crippen molar-refractivity contribution in [2.24, 2.45) is 0 Å². The van der Waals surface area contributed by atoms with Crippen LogP contribution in [0.3, 0.4) is 0 Å². The third-order valence-electron chi connectivity index (χ3n) is 5.59. The lowest BCUT2D eigenvalue weighted by molar-refractivity contribution is 0.102. The molecule has 33 heavy (non-hydrogen) atoms. The van der Waals surface area contributed by atoms with Crippen molar-refractivity contribution < 1.29 is 13.2 Å². The van der Waals surface area contributed by atoms with Gasteiger partial charge in [0.05, 0.1) is 4.90 Å². The number of hydrogen-bond donors (Lipinski definition) is 2. The van der Waals surface area contributed by atoms with E-state index in [9.17, 15) is 13.2 Å². The van der Waals surface area contributed by atoms with Gasteiger partial charge in [-0.1, -0.05) is 30.2 Å². The molecule has 8 heteroatoms. The molecule has 0 aliphatic carbocycles. The van der Waals surface area contributed by atoms with Gasteiger partial charge in [0.15, 0.2) is 0 Å². The summed E-state index contributed by atoms with van der Waals surface area (Å²) < 4.78 is 27.7. The van der Waals surface area contributed by atoms with Crippen LogP contribution in [-0.2, 0) is 16.6 Å². The van der Waals surface area contributed by atoms with Crippen molar-refractivity contribution in [3.05, 3.63) is 88.9 Å². The molecule has 0 unspecified atom stereocenters. The summed E-state index contributed by atoms with van der Waals surface area (Å²) in [6.07, 6.45) is 3.80. The first-order valence-electron chi connectivity index (χ1n) is 10.9. The van der Waals surface area contributed by atoms with E-state index in [4.69, 9.17) is 11.6 Å². The zero-order chi connectivity index (χ0) is 23.3. The standard InChI is InChI=1S/C25H26ClN3O3S/c26-21-8-10-23(11-9-21)28-33(31,32)24-14-12-22(13-15-24)27-25(30)20-6-4-19(5-7-20)18-29-16-2-1-3-17-29/h4-15,28H,1-3,16-18H2,(H,27,30). The summed E-state index contributed by atoms with van der Waals surface area (Å²) in [5.41, 5.74) is 2.68. The molecule has 2 N–H and O–H groups in total. The van der Waals surface area contributed by atoms with E-state index in [2.05, 4.69) is 14.9 Å². The van der Waals surface area contributed by atoms with Crippen LogP contribution < -0.4 is 10.0 Å². The van der Waals surface area contributed by atoms with Crippen LogP contribution in [0.25, 0.3) is 0 Å². The summed E-state index contributed by atoms with van der Waals surface area (Å²) >= 11 is 5.84. The second kappa shape index (κ2) is 10.4. The monoisotopic (exact) mass is 483 g/mol. The molecule has 0 bridgehead atoms. The number of rotatable bonds is 7. The first-order valence-corrected chi connectivity index (χ1v) is 12.8. The van der Waals surface area contributed by atoms with E-state index >= 15 is 0 Å². The van der Waals surface area contributed by atoms with Crippen LogP contribution >= 0.6 is 11.6 Å². The number of benzene rings is 3. The van der Waals surface area contributed by atoms with E-state index in [1.54, 1.807) is 36.4 Å². The average Bonchev–Trinajstić information content (AvgIpc) is 2.82. The molecule has 1 heterocycles. The largest absolute Gasteiger partial charge is 0.322 e. The number of likely N-dealkylation sites (tertiary alicyclic amines) is 1. The molecule has 0 atom stereocenters. The number of nitrogens with zero attached hydrogens (tertiary/aromatic N) is 1. The first-order chi connectivity index (χ1) is 15.9. The summed E-state index contributed by atoms with van der Waals surface area (Å²) in [4.78, 5) is 15.1. The highest BCUT2D eigenvalue weighted by atomic mass is 35.5. The number of piperidine rings is 1. The maximum absolute atomic E-state index is 12.6. The van der Waals surface area contributed by atoms with Gasteiger partial charge in [0, 0.05) is 28.5 Å². The van der Waals surface area contributed by atoms with Gasteiger partial charge in [0.25, 0.3) is 15.9 Å². The number of amides is 1. The normalized spacial score (nSPS) is 14.6. The van der Waals surface area contributed by atoms with Crippen LogP contribution in [-0.4, -0.2) is 32.3 Å². The Hall–Kier alpha value is -2.87. The van der Waals surface area contributed by atoms with Crippen molar-refractivity contribution in [3.8, 4) is 0 Å². The molecule has 0 spiro atoms. The van der Waals surface area contributed by atoms with Crippen molar-refractivity contribution in [3.63, 3.8) is 0 Å². The number of hydrogen-bond acceptors (Lipinski definition) is 4. The highest BCUT2D eigenvalue weighted by molar-refractivity contribution is 7.92. The summed E-state index contributed by atoms with van der Waals surface area (Å²) in [5, 5.41) is 3.34. The number of anilines is 2. The lowest BCUT2D eigenvalue weighted by atomic mass is 10.1. The number of sulfonamides is 1. The second-order valence-electron chi connectivity index (χ2n) is 8.12. The Kier molecular flexibility index (Phi) is 7.33. The van der Waals surface area contributed by atoms with Gasteiger partial charge in [-0.25, -0.2) is 8.42 Å². The van der Waals surface area contributed by atoms with Crippen molar-refractivity contribution in [1.29, 1.82) is 0 Å². The van der Waals surface area contributed by atoms with Crippen molar-refractivity contribution >= 4 is 38.9 Å². The molecule has 0 radical (unpaired) electrons. The molecule has 0 aromatic heterocycles. The summed E-state index contributed by atoms with van der Waals surface area (Å²) in [7, 11) is -3.75. The van der Waals surface area contributed by atoms with E-state index in [1.165, 1.54) is 37.0 Å². The van der Waals surface area contributed by atoms with Gasteiger partial charge in [-0.05, 0) is 92.2 Å². The third kappa shape index (κ3) is 6.35. The highest BCUT2D eigenvalue weighted by Gasteiger charge is 2.15. The smallest absolute Gasteiger partial charge is 0.261 e. The Morgan fingerprint density at radius 2 is 1.42 bits per heavy atom. The minimum Gasteiger partial charge on any atom is -0.322 e. The third-order valence-corrected chi connectivity index (χ3v) is 7.24. The fraction of sp³-hybridized carbons (Fsp3) is 0.240. The number of carbonyl (C=O) groups is 1. The van der Waals surface area contributed by atoms with Crippen LogP contribution in [0.15, 0.2) is 77.7 Å². The molecule has 0 saturated carbocycles. The minimum atomic E-state index is -3.75. The molecule has 172 valence electrons. The van der Waals surface area contributed by atoms with E-state index < -0.39 is 10.0 Å². The highest BCUT2D eigenvalue weighted by Crippen LogP contribution is 2.20. The van der Waals surface area contributed by atoms with Gasteiger partial charge in [0.2, 0.25) is 0 Å². The molecule has 1 aliphatic rings.